The molecule has 35 heavy (non-hydrogen) atoms. The van der Waals surface area contributed by atoms with Crippen molar-refractivity contribution in [3.8, 4) is 11.5 Å². The van der Waals surface area contributed by atoms with E-state index in [0.29, 0.717) is 10.6 Å². The fraction of sp³-hybridized carbons (Fsp3) is 0.0769. The molecule has 0 aliphatic carbocycles. The third-order valence-corrected chi connectivity index (χ3v) is 8.91. The molecule has 0 fully saturated rings. The van der Waals surface area contributed by atoms with Crippen molar-refractivity contribution in [3.05, 3.63) is 125 Å². The molecular weight excluding hydrogens is 505 g/mol. The maximum Gasteiger partial charge on any atom is 0.453 e. The summed E-state index contributed by atoms with van der Waals surface area (Å²) >= 11 is 6.06. The Morgan fingerprint density at radius 3 is 1.71 bits per heavy atom. The first kappa shape index (κ1) is 25.0. The third kappa shape index (κ3) is 6.32. The molecule has 6 nitrogen and oxygen atoms in total. The predicted molar refractivity (Wildman–Crippen MR) is 137 cm³/mol. The molecule has 4 aromatic rings. The van der Waals surface area contributed by atoms with Crippen molar-refractivity contribution >= 4 is 29.2 Å². The maximum absolute atomic E-state index is 14.5. The Hall–Kier alpha value is -3.09. The molecule has 1 unspecified atom stereocenters. The SMILES string of the molecule is Cc1ccc(S(=O)(=O)NC(c2ccc(Cl)cc2)P(=O)(Oc2ccccc2)Oc2ccccc2)cc1. The highest BCUT2D eigenvalue weighted by atomic mass is 35.5. The smallest absolute Gasteiger partial charge is 0.415 e. The molecule has 0 spiro atoms. The third-order valence-electron chi connectivity index (χ3n) is 5.05. The van der Waals surface area contributed by atoms with Crippen LogP contribution in [0.3, 0.4) is 0 Å². The van der Waals surface area contributed by atoms with Crippen LogP contribution in [-0.4, -0.2) is 8.42 Å². The highest BCUT2D eigenvalue weighted by Gasteiger charge is 2.43. The van der Waals surface area contributed by atoms with Crippen LogP contribution in [0.4, 0.5) is 0 Å². The lowest BCUT2D eigenvalue weighted by Gasteiger charge is -2.28. The van der Waals surface area contributed by atoms with Crippen LogP contribution in [0.15, 0.2) is 114 Å². The Morgan fingerprint density at radius 1 is 0.743 bits per heavy atom. The van der Waals surface area contributed by atoms with Crippen LogP contribution in [0, 0.1) is 6.92 Å². The fourth-order valence-electron chi connectivity index (χ4n) is 3.27. The van der Waals surface area contributed by atoms with Gasteiger partial charge in [-0.2, -0.15) is 4.72 Å². The minimum absolute atomic E-state index is 0.0213. The minimum Gasteiger partial charge on any atom is -0.415 e. The number of sulfonamides is 1. The highest BCUT2D eigenvalue weighted by molar-refractivity contribution is 7.89. The largest absolute Gasteiger partial charge is 0.453 e. The van der Waals surface area contributed by atoms with Crippen LogP contribution < -0.4 is 13.8 Å². The fourth-order valence-corrected chi connectivity index (χ4v) is 7.01. The van der Waals surface area contributed by atoms with E-state index in [0.717, 1.165) is 5.56 Å². The quantitative estimate of drug-likeness (QED) is 0.237. The van der Waals surface area contributed by atoms with Crippen molar-refractivity contribution in [1.29, 1.82) is 0 Å². The molecule has 1 atom stereocenters. The summed E-state index contributed by atoms with van der Waals surface area (Å²) in [4.78, 5) is 0.0213. The normalized spacial score (nSPS) is 12.6. The first-order valence-corrected chi connectivity index (χ1v) is 14.2. The topological polar surface area (TPSA) is 81.7 Å². The standard InChI is InChI=1S/C26H23ClNO5PS/c1-20-12-18-25(19-13-20)35(30,31)28-26(21-14-16-22(27)17-15-21)34(29,32-23-8-4-2-5-9-23)33-24-10-6-3-7-11-24/h2-19,26,28H,1H3. The molecule has 180 valence electrons. The second kappa shape index (κ2) is 10.7. The number of para-hydroxylation sites is 2. The number of aryl methyl sites for hydroxylation is 1. The molecule has 4 aromatic carbocycles. The monoisotopic (exact) mass is 527 g/mol. The summed E-state index contributed by atoms with van der Waals surface area (Å²) in [5.74, 6) is -0.855. The molecule has 0 saturated carbocycles. The van der Waals surface area contributed by atoms with Crippen LogP contribution >= 0.6 is 19.2 Å². The van der Waals surface area contributed by atoms with Crippen molar-refractivity contribution in [2.45, 2.75) is 17.6 Å². The Bertz CT molecular complexity index is 1370. The van der Waals surface area contributed by atoms with Gasteiger partial charge in [0.2, 0.25) is 10.0 Å². The molecule has 4 rings (SSSR count). The van der Waals surface area contributed by atoms with Gasteiger partial charge in [0, 0.05) is 5.02 Å². The molecule has 0 bridgehead atoms. The van der Waals surface area contributed by atoms with Gasteiger partial charge in [0.15, 0.2) is 5.78 Å². The molecule has 0 radical (unpaired) electrons. The van der Waals surface area contributed by atoms with Gasteiger partial charge in [0.25, 0.3) is 0 Å². The Kier molecular flexibility index (Phi) is 7.63. The van der Waals surface area contributed by atoms with Crippen molar-refractivity contribution in [2.24, 2.45) is 0 Å². The molecule has 1 N–H and O–H groups in total. The van der Waals surface area contributed by atoms with Gasteiger partial charge in [-0.1, -0.05) is 77.8 Å². The van der Waals surface area contributed by atoms with E-state index in [1.54, 1.807) is 97.1 Å². The Morgan fingerprint density at radius 2 is 1.23 bits per heavy atom. The zero-order chi connectivity index (χ0) is 24.9. The second-order valence-electron chi connectivity index (χ2n) is 7.74. The van der Waals surface area contributed by atoms with Gasteiger partial charge in [0.05, 0.1) is 4.90 Å². The van der Waals surface area contributed by atoms with E-state index in [1.807, 2.05) is 6.92 Å². The summed E-state index contributed by atoms with van der Waals surface area (Å²) < 4.78 is 55.7. The molecule has 0 aliphatic rings. The summed E-state index contributed by atoms with van der Waals surface area (Å²) in [6.07, 6.45) is 0. The van der Waals surface area contributed by atoms with Crippen molar-refractivity contribution in [3.63, 3.8) is 0 Å². The van der Waals surface area contributed by atoms with E-state index in [1.165, 1.54) is 12.1 Å². The van der Waals surface area contributed by atoms with Crippen molar-refractivity contribution < 1.29 is 22.0 Å². The lowest BCUT2D eigenvalue weighted by molar-refractivity contribution is 0.368. The molecule has 9 heteroatoms. The molecule has 0 saturated heterocycles. The number of halogens is 1. The zero-order valence-electron chi connectivity index (χ0n) is 18.7. The average Bonchev–Trinajstić information content (AvgIpc) is 2.85. The van der Waals surface area contributed by atoms with Gasteiger partial charge in [-0.05, 0) is 61.0 Å². The van der Waals surface area contributed by atoms with Crippen LogP contribution in [-0.2, 0) is 14.6 Å². The van der Waals surface area contributed by atoms with Crippen LogP contribution in [0.2, 0.25) is 5.02 Å². The minimum atomic E-state index is -4.27. The molecule has 0 amide bonds. The molecular formula is C26H23ClNO5PS. The lowest BCUT2D eigenvalue weighted by atomic mass is 10.2. The van der Waals surface area contributed by atoms with E-state index in [9.17, 15) is 13.0 Å². The first-order valence-electron chi connectivity index (χ1n) is 10.7. The maximum atomic E-state index is 14.5. The molecule has 0 heterocycles. The highest BCUT2D eigenvalue weighted by Crippen LogP contribution is 2.59. The summed E-state index contributed by atoms with van der Waals surface area (Å²) in [6, 6.07) is 29.6. The molecule has 0 aliphatic heterocycles. The number of rotatable bonds is 9. The van der Waals surface area contributed by atoms with E-state index in [4.69, 9.17) is 20.6 Å². The molecule has 0 aromatic heterocycles. The summed E-state index contributed by atoms with van der Waals surface area (Å²) in [7, 11) is -8.39. The van der Waals surface area contributed by atoms with Gasteiger partial charge in [-0.25, -0.2) is 13.0 Å². The second-order valence-corrected chi connectivity index (χ2v) is 11.8. The van der Waals surface area contributed by atoms with Gasteiger partial charge in [-0.15, -0.1) is 0 Å². The number of hydrogen-bond acceptors (Lipinski definition) is 5. The predicted octanol–water partition coefficient (Wildman–Crippen LogP) is 6.98. The van der Waals surface area contributed by atoms with E-state index in [-0.39, 0.29) is 16.4 Å². The average molecular weight is 528 g/mol. The Labute approximate surface area is 210 Å². The van der Waals surface area contributed by atoms with E-state index < -0.39 is 23.4 Å². The van der Waals surface area contributed by atoms with Crippen molar-refractivity contribution in [2.75, 3.05) is 0 Å². The van der Waals surface area contributed by atoms with Crippen molar-refractivity contribution in [1.82, 2.24) is 4.72 Å². The first-order chi connectivity index (χ1) is 16.7. The summed E-state index contributed by atoms with van der Waals surface area (Å²) in [5.41, 5.74) is 1.27. The van der Waals surface area contributed by atoms with E-state index in [2.05, 4.69) is 4.72 Å². The summed E-state index contributed by atoms with van der Waals surface area (Å²) in [5, 5.41) is 0.441. The van der Waals surface area contributed by atoms with Gasteiger partial charge in [0.1, 0.15) is 11.5 Å². The number of nitrogens with one attached hydrogen (secondary N) is 1. The van der Waals surface area contributed by atoms with Gasteiger partial charge in [-0.3, -0.25) is 0 Å². The van der Waals surface area contributed by atoms with Gasteiger partial charge >= 0.3 is 7.60 Å². The zero-order valence-corrected chi connectivity index (χ0v) is 21.2. The number of benzene rings is 4. The van der Waals surface area contributed by atoms with E-state index >= 15 is 0 Å². The Balaban J connectivity index is 1.82. The number of hydrogen-bond donors (Lipinski definition) is 1. The van der Waals surface area contributed by atoms with Crippen LogP contribution in [0.5, 0.6) is 11.5 Å². The summed E-state index contributed by atoms with van der Waals surface area (Å²) in [6.45, 7) is 1.86. The van der Waals surface area contributed by atoms with Crippen LogP contribution in [0.1, 0.15) is 16.9 Å². The van der Waals surface area contributed by atoms with Gasteiger partial charge < -0.3 is 9.05 Å². The van der Waals surface area contributed by atoms with Crippen LogP contribution in [0.25, 0.3) is 0 Å². The lowest BCUT2D eigenvalue weighted by Crippen LogP contribution is -2.31.